The first-order valence-corrected chi connectivity index (χ1v) is 7.73. The summed E-state index contributed by atoms with van der Waals surface area (Å²) in [6, 6.07) is 3.09. The Labute approximate surface area is 114 Å². The van der Waals surface area contributed by atoms with Crippen LogP contribution >= 0.6 is 0 Å². The molecule has 0 radical (unpaired) electrons. The van der Waals surface area contributed by atoms with E-state index >= 15 is 0 Å². The summed E-state index contributed by atoms with van der Waals surface area (Å²) in [6.45, 7) is 5.93. The molecule has 19 heavy (non-hydrogen) atoms. The molecule has 108 valence electrons. The van der Waals surface area contributed by atoms with E-state index in [0.29, 0.717) is 18.7 Å². The molecule has 0 saturated carbocycles. The quantitative estimate of drug-likeness (QED) is 0.685. The highest BCUT2D eigenvalue weighted by atomic mass is 32.2. The molecule has 0 fully saturated rings. The summed E-state index contributed by atoms with van der Waals surface area (Å²) in [7, 11) is -3.55. The molecule has 1 aromatic carbocycles. The van der Waals surface area contributed by atoms with Crippen molar-refractivity contribution >= 4 is 15.7 Å². The van der Waals surface area contributed by atoms with Gasteiger partial charge in [0.25, 0.3) is 0 Å². The van der Waals surface area contributed by atoms with E-state index in [4.69, 9.17) is 10.8 Å². The number of nitrogen functional groups attached to an aromatic ring is 1. The summed E-state index contributed by atoms with van der Waals surface area (Å²) in [6.07, 6.45) is 0.567. The fourth-order valence-corrected chi connectivity index (χ4v) is 2.95. The van der Waals surface area contributed by atoms with Crippen molar-refractivity contribution in [2.45, 2.75) is 32.1 Å². The molecular weight excluding hydrogens is 264 g/mol. The first kappa shape index (κ1) is 15.9. The van der Waals surface area contributed by atoms with E-state index < -0.39 is 10.0 Å². The van der Waals surface area contributed by atoms with Crippen LogP contribution in [0.1, 0.15) is 24.5 Å². The van der Waals surface area contributed by atoms with Crippen LogP contribution in [0, 0.1) is 19.8 Å². The average molecular weight is 286 g/mol. The SMILES string of the molecule is Cc1cc(S(=O)(=O)NCC(C)CCO)cc(N)c1C. The van der Waals surface area contributed by atoms with Crippen molar-refractivity contribution in [2.24, 2.45) is 5.92 Å². The number of sulfonamides is 1. The largest absolute Gasteiger partial charge is 0.398 e. The molecule has 0 amide bonds. The Hall–Kier alpha value is -1.11. The number of nitrogens with two attached hydrogens (primary N) is 1. The molecule has 6 heteroatoms. The van der Waals surface area contributed by atoms with E-state index in [1.807, 2.05) is 20.8 Å². The molecule has 1 aromatic rings. The standard InChI is InChI=1S/C13H22N2O3S/c1-9(4-5-16)8-15-19(17,18)12-6-10(2)11(3)13(14)7-12/h6-7,9,15-16H,4-5,8,14H2,1-3H3. The fraction of sp³-hybridized carbons (Fsp3) is 0.538. The summed E-state index contributed by atoms with van der Waals surface area (Å²) >= 11 is 0. The molecule has 0 aliphatic rings. The van der Waals surface area contributed by atoms with Gasteiger partial charge in [-0.25, -0.2) is 13.1 Å². The zero-order valence-corrected chi connectivity index (χ0v) is 12.4. The maximum atomic E-state index is 12.1. The number of hydrogen-bond donors (Lipinski definition) is 3. The minimum absolute atomic E-state index is 0.0550. The van der Waals surface area contributed by atoms with Gasteiger partial charge in [0.05, 0.1) is 4.90 Å². The van der Waals surface area contributed by atoms with Crippen LogP contribution in [0.5, 0.6) is 0 Å². The van der Waals surface area contributed by atoms with Crippen LogP contribution in [0.15, 0.2) is 17.0 Å². The van der Waals surface area contributed by atoms with Crippen LogP contribution in [-0.4, -0.2) is 26.7 Å². The molecule has 0 heterocycles. The lowest BCUT2D eigenvalue weighted by Gasteiger charge is -2.13. The van der Waals surface area contributed by atoms with Gasteiger partial charge in [0.2, 0.25) is 10.0 Å². The third-order valence-electron chi connectivity index (χ3n) is 3.24. The van der Waals surface area contributed by atoms with Gasteiger partial charge >= 0.3 is 0 Å². The first-order valence-electron chi connectivity index (χ1n) is 6.25. The number of aliphatic hydroxyl groups is 1. The molecule has 0 spiro atoms. The molecule has 0 bridgehead atoms. The van der Waals surface area contributed by atoms with Gasteiger partial charge < -0.3 is 10.8 Å². The van der Waals surface area contributed by atoms with Gasteiger partial charge in [0, 0.05) is 18.8 Å². The van der Waals surface area contributed by atoms with Gasteiger partial charge in [-0.05, 0) is 49.4 Å². The zero-order valence-electron chi connectivity index (χ0n) is 11.6. The molecule has 0 aliphatic carbocycles. The number of nitrogens with one attached hydrogen (secondary N) is 1. The summed E-state index contributed by atoms with van der Waals surface area (Å²) in [4.78, 5) is 0.185. The van der Waals surface area contributed by atoms with Crippen molar-refractivity contribution in [3.05, 3.63) is 23.3 Å². The van der Waals surface area contributed by atoms with Crippen molar-refractivity contribution in [2.75, 3.05) is 18.9 Å². The molecule has 4 N–H and O–H groups in total. The zero-order chi connectivity index (χ0) is 14.6. The number of aryl methyl sites for hydroxylation is 1. The second-order valence-corrected chi connectivity index (χ2v) is 6.69. The number of hydrogen-bond acceptors (Lipinski definition) is 4. The summed E-state index contributed by atoms with van der Waals surface area (Å²) in [5, 5.41) is 8.79. The Bertz CT molecular complexity index is 518. The van der Waals surface area contributed by atoms with Crippen LogP contribution in [0.25, 0.3) is 0 Å². The van der Waals surface area contributed by atoms with Crippen LogP contribution in [-0.2, 0) is 10.0 Å². The van der Waals surface area contributed by atoms with Crippen molar-refractivity contribution < 1.29 is 13.5 Å². The predicted octanol–water partition coefficient (Wildman–Crippen LogP) is 1.18. The van der Waals surface area contributed by atoms with Crippen LogP contribution in [0.2, 0.25) is 0 Å². The lowest BCUT2D eigenvalue weighted by molar-refractivity contribution is 0.263. The number of aliphatic hydroxyl groups excluding tert-OH is 1. The smallest absolute Gasteiger partial charge is 0.240 e. The van der Waals surface area contributed by atoms with Crippen LogP contribution in [0.4, 0.5) is 5.69 Å². The Morgan fingerprint density at radius 3 is 2.53 bits per heavy atom. The second-order valence-electron chi connectivity index (χ2n) is 4.92. The molecule has 5 nitrogen and oxygen atoms in total. The Morgan fingerprint density at radius 2 is 2.00 bits per heavy atom. The van der Waals surface area contributed by atoms with Crippen molar-refractivity contribution in [1.82, 2.24) is 4.72 Å². The van der Waals surface area contributed by atoms with Crippen LogP contribution < -0.4 is 10.5 Å². The normalized spacial score (nSPS) is 13.5. The summed E-state index contributed by atoms with van der Waals surface area (Å²) in [5.41, 5.74) is 8.02. The summed E-state index contributed by atoms with van der Waals surface area (Å²) in [5.74, 6) is 0.0867. The first-order chi connectivity index (χ1) is 8.77. The van der Waals surface area contributed by atoms with Crippen molar-refractivity contribution in [3.8, 4) is 0 Å². The summed E-state index contributed by atoms with van der Waals surface area (Å²) < 4.78 is 26.8. The maximum absolute atomic E-state index is 12.1. The second kappa shape index (κ2) is 6.36. The molecular formula is C13H22N2O3S. The highest BCUT2D eigenvalue weighted by molar-refractivity contribution is 7.89. The Kier molecular flexibility index (Phi) is 5.34. The van der Waals surface area contributed by atoms with Gasteiger partial charge in [0.15, 0.2) is 0 Å². The Balaban J connectivity index is 2.89. The number of benzene rings is 1. The van der Waals surface area contributed by atoms with E-state index in [9.17, 15) is 8.42 Å². The number of anilines is 1. The van der Waals surface area contributed by atoms with Gasteiger partial charge in [0.1, 0.15) is 0 Å². The van der Waals surface area contributed by atoms with E-state index in [0.717, 1.165) is 11.1 Å². The van der Waals surface area contributed by atoms with E-state index in [-0.39, 0.29) is 17.4 Å². The number of rotatable bonds is 6. The highest BCUT2D eigenvalue weighted by Crippen LogP contribution is 2.21. The fourth-order valence-electron chi connectivity index (χ4n) is 1.67. The third-order valence-corrected chi connectivity index (χ3v) is 4.64. The van der Waals surface area contributed by atoms with Gasteiger partial charge in [-0.1, -0.05) is 6.92 Å². The van der Waals surface area contributed by atoms with Crippen LogP contribution in [0.3, 0.4) is 0 Å². The Morgan fingerprint density at radius 1 is 1.37 bits per heavy atom. The van der Waals surface area contributed by atoms with Gasteiger partial charge in [-0.2, -0.15) is 0 Å². The lowest BCUT2D eigenvalue weighted by atomic mass is 10.1. The predicted molar refractivity (Wildman–Crippen MR) is 76.4 cm³/mol. The maximum Gasteiger partial charge on any atom is 0.240 e. The molecule has 0 aliphatic heterocycles. The molecule has 0 saturated heterocycles. The monoisotopic (exact) mass is 286 g/mol. The molecule has 0 aromatic heterocycles. The van der Waals surface area contributed by atoms with E-state index in [2.05, 4.69) is 4.72 Å². The van der Waals surface area contributed by atoms with E-state index in [1.54, 1.807) is 6.07 Å². The molecule has 1 atom stereocenters. The van der Waals surface area contributed by atoms with E-state index in [1.165, 1.54) is 6.07 Å². The highest BCUT2D eigenvalue weighted by Gasteiger charge is 2.17. The van der Waals surface area contributed by atoms with Crippen molar-refractivity contribution in [1.29, 1.82) is 0 Å². The lowest BCUT2D eigenvalue weighted by Crippen LogP contribution is -2.29. The minimum Gasteiger partial charge on any atom is -0.398 e. The minimum atomic E-state index is -3.55. The van der Waals surface area contributed by atoms with Crippen molar-refractivity contribution in [3.63, 3.8) is 0 Å². The third kappa shape index (κ3) is 4.19. The topological polar surface area (TPSA) is 92.4 Å². The van der Waals surface area contributed by atoms with Gasteiger partial charge in [-0.15, -0.1) is 0 Å². The molecule has 1 unspecified atom stereocenters. The molecule has 1 rings (SSSR count). The van der Waals surface area contributed by atoms with Gasteiger partial charge in [-0.3, -0.25) is 0 Å². The average Bonchev–Trinajstić information content (AvgIpc) is 2.33.